The maximum absolute atomic E-state index is 11.2. The summed E-state index contributed by atoms with van der Waals surface area (Å²) in [5, 5.41) is 4.84. The molecule has 1 heterocycles. The van der Waals surface area contributed by atoms with Gasteiger partial charge in [-0.1, -0.05) is 34.4 Å². The molecule has 6 nitrogen and oxygen atoms in total. The molecule has 0 radical (unpaired) electrons. The van der Waals surface area contributed by atoms with E-state index in [9.17, 15) is 8.42 Å². The summed E-state index contributed by atoms with van der Waals surface area (Å²) >= 11 is 12.1. The molecule has 2 aromatic rings. The van der Waals surface area contributed by atoms with Crippen LogP contribution in [-0.4, -0.2) is 36.8 Å². The van der Waals surface area contributed by atoms with Gasteiger partial charge in [0.05, 0.1) is 6.54 Å². The zero-order chi connectivity index (χ0) is 17.2. The van der Waals surface area contributed by atoms with Crippen LogP contribution in [0.25, 0.3) is 0 Å². The van der Waals surface area contributed by atoms with Gasteiger partial charge in [-0.3, -0.25) is 4.90 Å². The predicted molar refractivity (Wildman–Crippen MR) is 89.2 cm³/mol. The van der Waals surface area contributed by atoms with Gasteiger partial charge in [0.25, 0.3) is 0 Å². The van der Waals surface area contributed by atoms with Crippen LogP contribution in [0.4, 0.5) is 0 Å². The molecule has 1 atom stereocenters. The van der Waals surface area contributed by atoms with Crippen LogP contribution in [0, 0.1) is 0 Å². The lowest BCUT2D eigenvalue weighted by molar-refractivity contribution is 0.216. The molecule has 2 rings (SSSR count). The molecule has 0 bridgehead atoms. The lowest BCUT2D eigenvalue weighted by Gasteiger charge is -2.24. The Bertz CT molecular complexity index is 792. The van der Waals surface area contributed by atoms with Crippen molar-refractivity contribution < 1.29 is 12.9 Å². The fraction of sp³-hybridized carbons (Fsp3) is 0.429. The Morgan fingerprint density at radius 3 is 2.65 bits per heavy atom. The van der Waals surface area contributed by atoms with Gasteiger partial charge in [-0.15, -0.1) is 0 Å². The van der Waals surface area contributed by atoms with E-state index in [0.717, 1.165) is 11.8 Å². The first-order valence-corrected chi connectivity index (χ1v) is 9.61. The number of hydrogen-bond acceptors (Lipinski definition) is 6. The number of aromatic nitrogens is 2. The molecular weight excluding hydrogens is 361 g/mol. The normalized spacial score (nSPS) is 13.5. The largest absolute Gasteiger partial charge is 0.338 e. The number of benzene rings is 1. The Labute approximate surface area is 145 Å². The monoisotopic (exact) mass is 377 g/mol. The molecule has 0 aliphatic rings. The first-order chi connectivity index (χ1) is 10.7. The third-order valence-corrected chi connectivity index (χ3v) is 4.70. The van der Waals surface area contributed by atoms with E-state index in [4.69, 9.17) is 27.7 Å². The van der Waals surface area contributed by atoms with Crippen LogP contribution >= 0.6 is 23.2 Å². The smallest absolute Gasteiger partial charge is 0.240 e. The predicted octanol–water partition coefficient (Wildman–Crippen LogP) is 3.11. The quantitative estimate of drug-likeness (QED) is 0.769. The van der Waals surface area contributed by atoms with E-state index >= 15 is 0 Å². The van der Waals surface area contributed by atoms with Crippen molar-refractivity contribution >= 4 is 33.0 Å². The standard InChI is InChI=1S/C14H17Cl2N3O3S/c1-9(11-5-4-10(15)6-12(11)16)19(2)7-14-17-13(18-22-14)8-23(3,20)21/h4-6,9H,7-8H2,1-3H3/t9-/m1/s1. The topological polar surface area (TPSA) is 76.3 Å². The van der Waals surface area contributed by atoms with Crippen molar-refractivity contribution in [2.24, 2.45) is 0 Å². The van der Waals surface area contributed by atoms with Crippen molar-refractivity contribution in [1.82, 2.24) is 15.0 Å². The summed E-state index contributed by atoms with van der Waals surface area (Å²) in [5.41, 5.74) is 0.925. The fourth-order valence-corrected chi connectivity index (χ4v) is 3.23. The zero-order valence-corrected chi connectivity index (χ0v) is 15.3. The van der Waals surface area contributed by atoms with E-state index in [-0.39, 0.29) is 17.6 Å². The van der Waals surface area contributed by atoms with Crippen LogP contribution in [0.2, 0.25) is 10.0 Å². The second-order valence-corrected chi connectivity index (χ2v) is 8.42. The number of sulfone groups is 1. The molecule has 9 heteroatoms. The SMILES string of the molecule is C[C@H](c1ccc(Cl)cc1Cl)N(C)Cc1nc(CS(C)(=O)=O)no1. The van der Waals surface area contributed by atoms with Crippen LogP contribution in [0.15, 0.2) is 22.7 Å². The molecule has 0 aliphatic heterocycles. The van der Waals surface area contributed by atoms with E-state index in [2.05, 4.69) is 10.1 Å². The summed E-state index contributed by atoms with van der Waals surface area (Å²) in [6.07, 6.45) is 1.12. The lowest BCUT2D eigenvalue weighted by atomic mass is 10.1. The summed E-state index contributed by atoms with van der Waals surface area (Å²) in [7, 11) is -1.30. The molecule has 1 aromatic heterocycles. The highest BCUT2D eigenvalue weighted by Crippen LogP contribution is 2.29. The lowest BCUT2D eigenvalue weighted by Crippen LogP contribution is -2.22. The third-order valence-electron chi connectivity index (χ3n) is 3.36. The Morgan fingerprint density at radius 2 is 2.04 bits per heavy atom. The van der Waals surface area contributed by atoms with Gasteiger partial charge >= 0.3 is 0 Å². The van der Waals surface area contributed by atoms with Crippen LogP contribution in [0.5, 0.6) is 0 Å². The molecule has 0 N–H and O–H groups in total. The number of nitrogens with zero attached hydrogens (tertiary/aromatic N) is 3. The van der Waals surface area contributed by atoms with Gasteiger partial charge in [-0.2, -0.15) is 4.98 Å². The van der Waals surface area contributed by atoms with Crippen LogP contribution in [0.1, 0.15) is 30.2 Å². The summed E-state index contributed by atoms with van der Waals surface area (Å²) in [6, 6.07) is 5.34. The summed E-state index contributed by atoms with van der Waals surface area (Å²) in [5.74, 6) is 0.273. The van der Waals surface area contributed by atoms with Crippen LogP contribution in [0.3, 0.4) is 0 Å². The van der Waals surface area contributed by atoms with Gasteiger partial charge in [0.2, 0.25) is 5.89 Å². The molecule has 0 saturated carbocycles. The van der Waals surface area contributed by atoms with Gasteiger partial charge in [0.1, 0.15) is 5.75 Å². The van der Waals surface area contributed by atoms with Crippen molar-refractivity contribution in [3.05, 3.63) is 45.5 Å². The average molecular weight is 378 g/mol. The Kier molecular flexibility index (Phi) is 5.67. The van der Waals surface area contributed by atoms with Crippen molar-refractivity contribution in [2.75, 3.05) is 13.3 Å². The Morgan fingerprint density at radius 1 is 1.35 bits per heavy atom. The Hall–Kier alpha value is -1.15. The van der Waals surface area contributed by atoms with E-state index in [0.29, 0.717) is 22.5 Å². The van der Waals surface area contributed by atoms with E-state index in [1.807, 2.05) is 24.9 Å². The molecular formula is C14H17Cl2N3O3S. The summed E-state index contributed by atoms with van der Waals surface area (Å²) < 4.78 is 27.6. The molecule has 23 heavy (non-hydrogen) atoms. The molecule has 1 aromatic carbocycles. The number of rotatable bonds is 6. The molecule has 0 aliphatic carbocycles. The van der Waals surface area contributed by atoms with Crippen LogP contribution in [-0.2, 0) is 22.1 Å². The molecule has 0 saturated heterocycles. The highest BCUT2D eigenvalue weighted by atomic mass is 35.5. The first-order valence-electron chi connectivity index (χ1n) is 6.80. The highest BCUT2D eigenvalue weighted by molar-refractivity contribution is 7.89. The fourth-order valence-electron chi connectivity index (χ4n) is 2.08. The van der Waals surface area contributed by atoms with E-state index in [1.54, 1.807) is 12.1 Å². The zero-order valence-electron chi connectivity index (χ0n) is 13.0. The van der Waals surface area contributed by atoms with Crippen molar-refractivity contribution in [3.8, 4) is 0 Å². The summed E-state index contributed by atoms with van der Waals surface area (Å²) in [6.45, 7) is 2.36. The minimum absolute atomic E-state index is 0.00924. The Balaban J connectivity index is 2.08. The van der Waals surface area contributed by atoms with Crippen LogP contribution < -0.4 is 0 Å². The van der Waals surface area contributed by atoms with Gasteiger partial charge < -0.3 is 4.52 Å². The van der Waals surface area contributed by atoms with Crippen molar-refractivity contribution in [1.29, 1.82) is 0 Å². The van der Waals surface area contributed by atoms with Gasteiger partial charge in [0.15, 0.2) is 15.7 Å². The van der Waals surface area contributed by atoms with Gasteiger partial charge in [-0.25, -0.2) is 8.42 Å². The minimum Gasteiger partial charge on any atom is -0.338 e. The molecule has 0 unspecified atom stereocenters. The average Bonchev–Trinajstić information content (AvgIpc) is 2.82. The second-order valence-electron chi connectivity index (χ2n) is 5.43. The third kappa shape index (κ3) is 5.17. The van der Waals surface area contributed by atoms with Crippen molar-refractivity contribution in [3.63, 3.8) is 0 Å². The minimum atomic E-state index is -3.19. The number of halogens is 2. The van der Waals surface area contributed by atoms with Gasteiger partial charge in [0, 0.05) is 22.3 Å². The molecule has 126 valence electrons. The first kappa shape index (κ1) is 18.2. The van der Waals surface area contributed by atoms with Gasteiger partial charge in [-0.05, 0) is 31.7 Å². The van der Waals surface area contributed by atoms with E-state index < -0.39 is 9.84 Å². The van der Waals surface area contributed by atoms with Crippen molar-refractivity contribution in [2.45, 2.75) is 25.3 Å². The molecule has 0 spiro atoms. The summed E-state index contributed by atoms with van der Waals surface area (Å²) in [4.78, 5) is 6.06. The highest BCUT2D eigenvalue weighted by Gasteiger charge is 2.19. The maximum atomic E-state index is 11.2. The van der Waals surface area contributed by atoms with E-state index in [1.165, 1.54) is 0 Å². The number of hydrogen-bond donors (Lipinski definition) is 0. The maximum Gasteiger partial charge on any atom is 0.240 e. The molecule has 0 fully saturated rings. The molecule has 0 amide bonds. The second kappa shape index (κ2) is 7.17.